The molecule has 1 aromatic rings. The van der Waals surface area contributed by atoms with E-state index in [1.807, 2.05) is 30.5 Å². The largest absolute Gasteiger partial charge is 0.262 e. The van der Waals surface area contributed by atoms with Gasteiger partial charge in [-0.05, 0) is 34.9 Å². The SMILES string of the molecule is CSC(=S)N/N=C/c1ccccc1I. The molecule has 0 atom stereocenters. The Labute approximate surface area is 107 Å². The summed E-state index contributed by atoms with van der Waals surface area (Å²) in [6.45, 7) is 0. The lowest BCUT2D eigenvalue weighted by atomic mass is 10.2. The van der Waals surface area contributed by atoms with E-state index in [1.54, 1.807) is 6.21 Å². The zero-order valence-corrected chi connectivity index (χ0v) is 11.3. The maximum Gasteiger partial charge on any atom is 0.153 e. The average Bonchev–Trinajstić information content (AvgIpc) is 2.20. The van der Waals surface area contributed by atoms with E-state index in [2.05, 4.69) is 33.1 Å². The Morgan fingerprint density at radius 2 is 2.29 bits per heavy atom. The Morgan fingerprint density at radius 3 is 2.93 bits per heavy atom. The molecule has 0 saturated carbocycles. The monoisotopic (exact) mass is 336 g/mol. The van der Waals surface area contributed by atoms with Crippen LogP contribution in [0.15, 0.2) is 29.4 Å². The first-order valence-corrected chi connectivity index (χ1v) is 6.57. The molecule has 0 bridgehead atoms. The van der Waals surface area contributed by atoms with E-state index in [9.17, 15) is 0 Å². The molecule has 0 aliphatic carbocycles. The van der Waals surface area contributed by atoms with Crippen LogP contribution < -0.4 is 5.43 Å². The van der Waals surface area contributed by atoms with Crippen molar-refractivity contribution in [1.82, 2.24) is 5.43 Å². The fraction of sp³-hybridized carbons (Fsp3) is 0.111. The molecule has 1 N–H and O–H groups in total. The minimum absolute atomic E-state index is 0.673. The van der Waals surface area contributed by atoms with Crippen molar-refractivity contribution in [3.05, 3.63) is 33.4 Å². The molecule has 0 radical (unpaired) electrons. The summed E-state index contributed by atoms with van der Waals surface area (Å²) in [5.41, 5.74) is 3.86. The second-order valence-electron chi connectivity index (χ2n) is 2.38. The summed E-state index contributed by atoms with van der Waals surface area (Å²) in [6.07, 6.45) is 3.68. The predicted molar refractivity (Wildman–Crippen MR) is 76.0 cm³/mol. The van der Waals surface area contributed by atoms with Crippen molar-refractivity contribution in [2.24, 2.45) is 5.10 Å². The highest BCUT2D eigenvalue weighted by Crippen LogP contribution is 2.08. The van der Waals surface area contributed by atoms with Gasteiger partial charge in [0.2, 0.25) is 0 Å². The molecular weight excluding hydrogens is 327 g/mol. The van der Waals surface area contributed by atoms with Crippen LogP contribution in [0.5, 0.6) is 0 Å². The number of nitrogens with zero attached hydrogens (tertiary/aromatic N) is 1. The maximum absolute atomic E-state index is 4.94. The zero-order valence-electron chi connectivity index (χ0n) is 7.53. The molecular formula is C9H9IN2S2. The molecule has 1 aromatic carbocycles. The second-order valence-corrected chi connectivity index (χ2v) is 5.03. The van der Waals surface area contributed by atoms with Gasteiger partial charge in [-0.1, -0.05) is 42.2 Å². The lowest BCUT2D eigenvalue weighted by molar-refractivity contribution is 1.07. The Bertz CT molecular complexity index is 352. The van der Waals surface area contributed by atoms with E-state index in [0.29, 0.717) is 4.32 Å². The zero-order chi connectivity index (χ0) is 10.4. The first-order valence-electron chi connectivity index (χ1n) is 3.85. The summed E-state index contributed by atoms with van der Waals surface area (Å²) in [4.78, 5) is 0. The standard InChI is InChI=1S/C9H9IN2S2/c1-14-9(13)12-11-6-7-4-2-3-5-8(7)10/h2-6H,1H3,(H,12,13)/b11-6+. The lowest BCUT2D eigenvalue weighted by Gasteiger charge is -1.98. The molecule has 14 heavy (non-hydrogen) atoms. The van der Waals surface area contributed by atoms with Gasteiger partial charge in [0, 0.05) is 9.13 Å². The topological polar surface area (TPSA) is 24.4 Å². The second kappa shape index (κ2) is 6.36. The third-order valence-electron chi connectivity index (χ3n) is 1.45. The van der Waals surface area contributed by atoms with Crippen LogP contribution in [0.2, 0.25) is 0 Å². The summed E-state index contributed by atoms with van der Waals surface area (Å²) in [6, 6.07) is 8.03. The van der Waals surface area contributed by atoms with Crippen molar-refractivity contribution in [3.63, 3.8) is 0 Å². The fourth-order valence-electron chi connectivity index (χ4n) is 0.780. The fourth-order valence-corrected chi connectivity index (χ4v) is 1.50. The Morgan fingerprint density at radius 1 is 1.57 bits per heavy atom. The van der Waals surface area contributed by atoms with Crippen LogP contribution in [-0.4, -0.2) is 16.8 Å². The lowest BCUT2D eigenvalue weighted by Crippen LogP contribution is -2.10. The smallest absolute Gasteiger partial charge is 0.153 e. The molecule has 0 aliphatic rings. The van der Waals surface area contributed by atoms with Gasteiger partial charge in [-0.25, -0.2) is 0 Å². The van der Waals surface area contributed by atoms with E-state index >= 15 is 0 Å². The van der Waals surface area contributed by atoms with Crippen molar-refractivity contribution in [2.45, 2.75) is 0 Å². The number of hydrazone groups is 1. The molecule has 2 nitrogen and oxygen atoms in total. The Kier molecular flexibility index (Phi) is 5.42. The number of thiocarbonyl (C=S) groups is 1. The number of thioether (sulfide) groups is 1. The Hall–Kier alpha value is -0.140. The third-order valence-corrected chi connectivity index (χ3v) is 3.49. The van der Waals surface area contributed by atoms with Gasteiger partial charge in [0.15, 0.2) is 4.32 Å². The minimum atomic E-state index is 0.673. The molecule has 5 heteroatoms. The van der Waals surface area contributed by atoms with Gasteiger partial charge >= 0.3 is 0 Å². The van der Waals surface area contributed by atoms with Crippen LogP contribution in [0.3, 0.4) is 0 Å². The van der Waals surface area contributed by atoms with Crippen molar-refractivity contribution in [3.8, 4) is 0 Å². The van der Waals surface area contributed by atoms with Gasteiger partial charge in [-0.2, -0.15) is 5.10 Å². The molecule has 0 saturated heterocycles. The van der Waals surface area contributed by atoms with Gasteiger partial charge in [0.1, 0.15) is 0 Å². The van der Waals surface area contributed by atoms with Gasteiger partial charge in [0.25, 0.3) is 0 Å². The van der Waals surface area contributed by atoms with Crippen molar-refractivity contribution in [1.29, 1.82) is 0 Å². The first-order chi connectivity index (χ1) is 6.74. The quantitative estimate of drug-likeness (QED) is 0.389. The predicted octanol–water partition coefficient (Wildman–Crippen LogP) is 2.86. The van der Waals surface area contributed by atoms with Gasteiger partial charge in [0.05, 0.1) is 6.21 Å². The number of benzene rings is 1. The molecule has 74 valence electrons. The summed E-state index contributed by atoms with van der Waals surface area (Å²) in [7, 11) is 0. The number of rotatable bonds is 2. The van der Waals surface area contributed by atoms with Crippen molar-refractivity contribution in [2.75, 3.05) is 6.26 Å². The first kappa shape index (κ1) is 11.9. The maximum atomic E-state index is 4.94. The summed E-state index contributed by atoms with van der Waals surface area (Å²) < 4.78 is 1.85. The van der Waals surface area contributed by atoms with Gasteiger partial charge in [-0.15, -0.1) is 0 Å². The van der Waals surface area contributed by atoms with E-state index in [4.69, 9.17) is 12.2 Å². The van der Waals surface area contributed by atoms with Crippen LogP contribution >= 0.6 is 46.6 Å². The van der Waals surface area contributed by atoms with Crippen molar-refractivity contribution < 1.29 is 0 Å². The van der Waals surface area contributed by atoms with E-state index in [1.165, 1.54) is 15.3 Å². The van der Waals surface area contributed by atoms with Crippen LogP contribution in [-0.2, 0) is 0 Å². The molecule has 0 aromatic heterocycles. The van der Waals surface area contributed by atoms with Crippen molar-refractivity contribution >= 4 is 57.1 Å². The molecule has 0 heterocycles. The van der Waals surface area contributed by atoms with E-state index < -0.39 is 0 Å². The van der Waals surface area contributed by atoms with Gasteiger partial charge < -0.3 is 0 Å². The highest BCUT2D eigenvalue weighted by Gasteiger charge is 1.93. The average molecular weight is 336 g/mol. The number of hydrogen-bond acceptors (Lipinski definition) is 3. The van der Waals surface area contributed by atoms with E-state index in [-0.39, 0.29) is 0 Å². The van der Waals surface area contributed by atoms with Crippen LogP contribution in [0, 0.1) is 3.57 Å². The molecule has 0 fully saturated rings. The summed E-state index contributed by atoms with van der Waals surface area (Å²) in [5, 5.41) is 4.03. The molecule has 1 rings (SSSR count). The summed E-state index contributed by atoms with van der Waals surface area (Å²) >= 11 is 8.68. The molecule has 0 amide bonds. The normalized spacial score (nSPS) is 10.4. The highest BCUT2D eigenvalue weighted by atomic mass is 127. The number of halogens is 1. The third kappa shape index (κ3) is 3.93. The minimum Gasteiger partial charge on any atom is -0.262 e. The number of hydrogen-bond donors (Lipinski definition) is 1. The van der Waals surface area contributed by atoms with E-state index in [0.717, 1.165) is 5.56 Å². The van der Waals surface area contributed by atoms with Crippen LogP contribution in [0.1, 0.15) is 5.56 Å². The van der Waals surface area contributed by atoms with Crippen LogP contribution in [0.4, 0.5) is 0 Å². The summed E-state index contributed by atoms with van der Waals surface area (Å²) in [5.74, 6) is 0. The van der Waals surface area contributed by atoms with Crippen LogP contribution in [0.25, 0.3) is 0 Å². The molecule has 0 aliphatic heterocycles. The molecule has 0 unspecified atom stereocenters. The number of nitrogens with one attached hydrogen (secondary N) is 1. The molecule has 0 spiro atoms. The van der Waals surface area contributed by atoms with Gasteiger partial charge in [-0.3, -0.25) is 5.43 Å². The highest BCUT2D eigenvalue weighted by molar-refractivity contribution is 14.1. The Balaban J connectivity index is 2.60.